The number of carbonyl (C=O) groups excluding carboxylic acids is 2. The lowest BCUT2D eigenvalue weighted by molar-refractivity contribution is -0.105. The summed E-state index contributed by atoms with van der Waals surface area (Å²) in [6, 6.07) is 19.6. The molecule has 1 heterocycles. The minimum absolute atomic E-state index is 0.341. The number of H-pyrrole nitrogens is 1. The van der Waals surface area contributed by atoms with Crippen LogP contribution in [0.25, 0.3) is 33.3 Å². The van der Waals surface area contributed by atoms with Gasteiger partial charge in [0, 0.05) is 29.5 Å². The number of methoxy groups -OCH3 is 1. The fraction of sp³-hybridized carbons (Fsp3) is 0.0769. The first-order valence-electron chi connectivity index (χ1n) is 10.4. The van der Waals surface area contributed by atoms with Crippen LogP contribution in [-0.2, 0) is 16.1 Å². The number of aromatic amines is 1. The first kappa shape index (κ1) is 21.9. The smallest absolute Gasteiger partial charge is 0.211 e. The molecule has 0 saturated heterocycles. The molecular formula is C26H24N4O3. The average Bonchev–Trinajstić information content (AvgIpc) is 3.31. The number of hydrogen-bond donors (Lipinski definition) is 4. The summed E-state index contributed by atoms with van der Waals surface area (Å²) in [6.07, 6.45) is 4.34. The van der Waals surface area contributed by atoms with Gasteiger partial charge in [0.15, 0.2) is 0 Å². The van der Waals surface area contributed by atoms with Crippen LogP contribution in [0, 0.1) is 0 Å². The van der Waals surface area contributed by atoms with Gasteiger partial charge in [-0.05, 0) is 76.9 Å². The number of allylic oxidation sites excluding steroid dienone is 1. The largest absolute Gasteiger partial charge is 0.497 e. The first-order valence-corrected chi connectivity index (χ1v) is 10.4. The molecule has 0 atom stereocenters. The number of amides is 1. The Labute approximate surface area is 191 Å². The Bertz CT molecular complexity index is 1320. The van der Waals surface area contributed by atoms with Crippen LogP contribution in [0.5, 0.6) is 5.75 Å². The standard InChI is InChI=1S/C26H24N4O3/c1-33-20-6-3-17(4-7-20)25-14-23-22(9-10-24(29-16-32)26(23)30-25)21-8-5-19(13-18(21)15-27)28-11-2-12-31/h2-14,16,28,30H,15,27H2,1H3,(H,29,32). The second-order valence-electron chi connectivity index (χ2n) is 7.34. The van der Waals surface area contributed by atoms with Gasteiger partial charge >= 0.3 is 0 Å². The number of anilines is 2. The number of hydrogen-bond acceptors (Lipinski definition) is 5. The van der Waals surface area contributed by atoms with E-state index in [1.54, 1.807) is 13.3 Å². The van der Waals surface area contributed by atoms with E-state index >= 15 is 0 Å². The minimum atomic E-state index is 0.341. The van der Waals surface area contributed by atoms with Gasteiger partial charge in [0.2, 0.25) is 6.41 Å². The Morgan fingerprint density at radius 3 is 2.45 bits per heavy atom. The van der Waals surface area contributed by atoms with Crippen molar-refractivity contribution >= 4 is 35.0 Å². The van der Waals surface area contributed by atoms with Crippen molar-refractivity contribution in [2.75, 3.05) is 17.7 Å². The summed E-state index contributed by atoms with van der Waals surface area (Å²) in [5.41, 5.74) is 13.3. The van der Waals surface area contributed by atoms with Crippen LogP contribution >= 0.6 is 0 Å². The number of nitrogens with one attached hydrogen (secondary N) is 3. The molecule has 1 aromatic heterocycles. The third-order valence-electron chi connectivity index (χ3n) is 5.45. The van der Waals surface area contributed by atoms with E-state index in [9.17, 15) is 9.59 Å². The second kappa shape index (κ2) is 9.84. The number of ether oxygens (including phenoxy) is 1. The third kappa shape index (κ3) is 4.49. The van der Waals surface area contributed by atoms with Gasteiger partial charge in [-0.1, -0.05) is 12.1 Å². The molecule has 3 aromatic carbocycles. The van der Waals surface area contributed by atoms with Crippen LogP contribution in [0.3, 0.4) is 0 Å². The summed E-state index contributed by atoms with van der Waals surface area (Å²) in [6.45, 7) is 0.341. The van der Waals surface area contributed by atoms with E-state index in [2.05, 4.69) is 21.7 Å². The first-order chi connectivity index (χ1) is 16.2. The minimum Gasteiger partial charge on any atom is -0.497 e. The molecule has 0 unspecified atom stereocenters. The molecule has 1 amide bonds. The Hall–Kier alpha value is -4.36. The van der Waals surface area contributed by atoms with Crippen LogP contribution in [0.2, 0.25) is 0 Å². The highest BCUT2D eigenvalue weighted by Crippen LogP contribution is 2.38. The molecule has 5 N–H and O–H groups in total. The molecule has 7 nitrogen and oxygen atoms in total. The van der Waals surface area contributed by atoms with Gasteiger partial charge in [-0.3, -0.25) is 9.59 Å². The number of aldehydes is 1. The van der Waals surface area contributed by atoms with E-state index in [0.29, 0.717) is 24.9 Å². The molecule has 166 valence electrons. The molecule has 0 aliphatic rings. The number of fused-ring (bicyclic) bond motifs is 1. The highest BCUT2D eigenvalue weighted by molar-refractivity contribution is 6.06. The zero-order chi connectivity index (χ0) is 23.2. The van der Waals surface area contributed by atoms with Crippen LogP contribution in [0.4, 0.5) is 11.4 Å². The van der Waals surface area contributed by atoms with E-state index in [4.69, 9.17) is 10.5 Å². The molecule has 0 saturated carbocycles. The lowest BCUT2D eigenvalue weighted by atomic mass is 9.95. The molecule has 0 aliphatic heterocycles. The zero-order valence-electron chi connectivity index (χ0n) is 18.1. The van der Waals surface area contributed by atoms with Gasteiger partial charge in [0.05, 0.1) is 18.3 Å². The number of rotatable bonds is 9. The Kier molecular flexibility index (Phi) is 6.52. The Morgan fingerprint density at radius 1 is 0.970 bits per heavy atom. The summed E-state index contributed by atoms with van der Waals surface area (Å²) in [4.78, 5) is 25.1. The highest BCUT2D eigenvalue weighted by Gasteiger charge is 2.15. The maximum absolute atomic E-state index is 11.2. The number of nitrogens with two attached hydrogens (primary N) is 1. The molecular weight excluding hydrogens is 416 g/mol. The van der Waals surface area contributed by atoms with Crippen molar-refractivity contribution in [3.63, 3.8) is 0 Å². The molecule has 0 bridgehead atoms. The summed E-state index contributed by atoms with van der Waals surface area (Å²) in [5, 5.41) is 6.80. The molecule has 4 aromatic rings. The zero-order valence-corrected chi connectivity index (χ0v) is 18.1. The molecule has 7 heteroatoms. The van der Waals surface area contributed by atoms with E-state index in [1.165, 1.54) is 6.08 Å². The quantitative estimate of drug-likeness (QED) is 0.224. The lowest BCUT2D eigenvalue weighted by Crippen LogP contribution is -2.01. The molecule has 0 fully saturated rings. The summed E-state index contributed by atoms with van der Waals surface area (Å²) >= 11 is 0. The summed E-state index contributed by atoms with van der Waals surface area (Å²) in [7, 11) is 1.63. The number of benzene rings is 3. The van der Waals surface area contributed by atoms with Gasteiger partial charge in [-0.25, -0.2) is 0 Å². The number of carbonyl (C=O) groups is 2. The van der Waals surface area contributed by atoms with E-state index in [1.807, 2.05) is 54.6 Å². The van der Waals surface area contributed by atoms with Crippen LogP contribution in [0.1, 0.15) is 5.56 Å². The predicted molar refractivity (Wildman–Crippen MR) is 132 cm³/mol. The Morgan fingerprint density at radius 2 is 1.76 bits per heavy atom. The third-order valence-corrected chi connectivity index (χ3v) is 5.45. The Balaban J connectivity index is 1.84. The SMILES string of the molecule is COc1ccc(-c2cc3c(-c4ccc(NC=CC=O)cc4CN)ccc(NC=O)c3[nH]2)cc1. The summed E-state index contributed by atoms with van der Waals surface area (Å²) in [5.74, 6) is 0.781. The molecule has 0 aliphatic carbocycles. The maximum atomic E-state index is 11.2. The molecule has 0 radical (unpaired) electrons. The molecule has 0 spiro atoms. The number of aromatic nitrogens is 1. The fourth-order valence-electron chi connectivity index (χ4n) is 3.86. The molecule has 33 heavy (non-hydrogen) atoms. The van der Waals surface area contributed by atoms with Crippen molar-refractivity contribution < 1.29 is 14.3 Å². The lowest BCUT2D eigenvalue weighted by Gasteiger charge is -2.13. The van der Waals surface area contributed by atoms with Crippen molar-refractivity contribution in [2.45, 2.75) is 6.54 Å². The average molecular weight is 441 g/mol. The van der Waals surface area contributed by atoms with Gasteiger partial charge in [-0.15, -0.1) is 0 Å². The van der Waals surface area contributed by atoms with Crippen molar-refractivity contribution in [3.05, 3.63) is 78.5 Å². The van der Waals surface area contributed by atoms with Crippen LogP contribution < -0.4 is 21.1 Å². The normalized spacial score (nSPS) is 11.0. The van der Waals surface area contributed by atoms with Crippen molar-refractivity contribution in [2.24, 2.45) is 5.73 Å². The topological polar surface area (TPSA) is 109 Å². The predicted octanol–water partition coefficient (Wildman–Crippen LogP) is 4.66. The molecule has 4 rings (SSSR count). The highest BCUT2D eigenvalue weighted by atomic mass is 16.5. The van der Waals surface area contributed by atoms with E-state index < -0.39 is 0 Å². The van der Waals surface area contributed by atoms with Crippen LogP contribution in [-0.4, -0.2) is 24.8 Å². The fourth-order valence-corrected chi connectivity index (χ4v) is 3.86. The van der Waals surface area contributed by atoms with E-state index in [-0.39, 0.29) is 0 Å². The van der Waals surface area contributed by atoms with Crippen LogP contribution in [0.15, 0.2) is 72.9 Å². The van der Waals surface area contributed by atoms with Gasteiger partial charge < -0.3 is 26.1 Å². The van der Waals surface area contributed by atoms with Crippen molar-refractivity contribution in [3.8, 4) is 28.1 Å². The van der Waals surface area contributed by atoms with Crippen molar-refractivity contribution in [1.82, 2.24) is 4.98 Å². The van der Waals surface area contributed by atoms with Crippen molar-refractivity contribution in [1.29, 1.82) is 0 Å². The monoisotopic (exact) mass is 440 g/mol. The van der Waals surface area contributed by atoms with Gasteiger partial charge in [0.25, 0.3) is 0 Å². The van der Waals surface area contributed by atoms with Gasteiger partial charge in [-0.2, -0.15) is 0 Å². The summed E-state index contributed by atoms with van der Waals surface area (Å²) < 4.78 is 5.26. The second-order valence-corrected chi connectivity index (χ2v) is 7.34. The van der Waals surface area contributed by atoms with Gasteiger partial charge in [0.1, 0.15) is 12.0 Å². The van der Waals surface area contributed by atoms with E-state index in [0.717, 1.165) is 50.3 Å². The maximum Gasteiger partial charge on any atom is 0.211 e.